The van der Waals surface area contributed by atoms with Crippen LogP contribution in [0, 0.1) is 0 Å². The van der Waals surface area contributed by atoms with Crippen LogP contribution in [0.3, 0.4) is 0 Å². The molecular weight excluding hydrogens is 204 g/mol. The highest BCUT2D eigenvalue weighted by molar-refractivity contribution is 6.28. The van der Waals surface area contributed by atoms with Gasteiger partial charge in [-0.2, -0.15) is 0 Å². The maximum atomic E-state index is 11.5. The zero-order chi connectivity index (χ0) is 11.4. The second kappa shape index (κ2) is 5.20. The number of amides is 3. The highest BCUT2D eigenvalue weighted by Gasteiger charge is 2.26. The molecule has 14 heavy (non-hydrogen) atoms. The highest BCUT2D eigenvalue weighted by Crippen LogP contribution is 2.15. The van der Waals surface area contributed by atoms with Crippen LogP contribution in [0.1, 0.15) is 27.2 Å². The molecule has 0 bridgehead atoms. The Morgan fingerprint density at radius 3 is 2.29 bits per heavy atom. The summed E-state index contributed by atoms with van der Waals surface area (Å²) in [5, 5.41) is 2.19. The number of rotatable bonds is 3. The van der Waals surface area contributed by atoms with E-state index in [9.17, 15) is 9.59 Å². The third kappa shape index (κ3) is 3.54. The molecule has 0 aromatic carbocycles. The number of carbonyl (C=O) groups excluding carboxylic acids is 2. The summed E-state index contributed by atoms with van der Waals surface area (Å²) in [6.45, 7) is 5.84. The molecule has 5 heteroatoms. The Labute approximate surface area is 89.6 Å². The number of nitrogens with one attached hydrogen (secondary N) is 1. The zero-order valence-corrected chi connectivity index (χ0v) is 9.81. The van der Waals surface area contributed by atoms with Gasteiger partial charge in [0.2, 0.25) is 5.91 Å². The van der Waals surface area contributed by atoms with Gasteiger partial charge in [-0.25, -0.2) is 4.79 Å². The lowest BCUT2D eigenvalue weighted by Gasteiger charge is -2.34. The number of alkyl halides is 1. The quantitative estimate of drug-likeness (QED) is 0.735. The molecule has 0 aliphatic heterocycles. The fourth-order valence-electron chi connectivity index (χ4n) is 0.749. The number of urea groups is 1. The second-order valence-electron chi connectivity index (χ2n) is 3.71. The van der Waals surface area contributed by atoms with Crippen LogP contribution in [-0.4, -0.2) is 35.3 Å². The average Bonchev–Trinajstić information content (AvgIpc) is 2.16. The van der Waals surface area contributed by atoms with E-state index in [4.69, 9.17) is 11.6 Å². The van der Waals surface area contributed by atoms with Gasteiger partial charge in [0.25, 0.3) is 0 Å². The topological polar surface area (TPSA) is 49.4 Å². The van der Waals surface area contributed by atoms with Gasteiger partial charge in [-0.05, 0) is 20.3 Å². The summed E-state index contributed by atoms with van der Waals surface area (Å²) in [6.07, 6.45) is 0.811. The van der Waals surface area contributed by atoms with Gasteiger partial charge in [0.15, 0.2) is 0 Å². The number of carbonyl (C=O) groups is 2. The van der Waals surface area contributed by atoms with Crippen LogP contribution in [0.5, 0.6) is 0 Å². The first-order chi connectivity index (χ1) is 6.35. The minimum atomic E-state index is -0.476. The first-order valence-electron chi connectivity index (χ1n) is 4.48. The van der Waals surface area contributed by atoms with E-state index in [1.165, 1.54) is 4.90 Å². The van der Waals surface area contributed by atoms with E-state index in [1.807, 2.05) is 20.8 Å². The fraction of sp³-hybridized carbons (Fsp3) is 0.778. The van der Waals surface area contributed by atoms with Crippen molar-refractivity contribution in [1.82, 2.24) is 10.2 Å². The lowest BCUT2D eigenvalue weighted by molar-refractivity contribution is -0.117. The number of hydrogen-bond donors (Lipinski definition) is 1. The summed E-state index contributed by atoms with van der Waals surface area (Å²) in [6, 6.07) is -0.414. The molecule has 82 valence electrons. The van der Waals surface area contributed by atoms with Crippen LogP contribution in [0.4, 0.5) is 4.79 Å². The molecule has 4 nitrogen and oxygen atoms in total. The largest absolute Gasteiger partial charge is 0.324 e. The Morgan fingerprint density at radius 1 is 1.43 bits per heavy atom. The van der Waals surface area contributed by atoms with Crippen LogP contribution in [-0.2, 0) is 4.79 Å². The summed E-state index contributed by atoms with van der Waals surface area (Å²) in [4.78, 5) is 23.8. The van der Waals surface area contributed by atoms with Crippen molar-refractivity contribution in [2.45, 2.75) is 32.7 Å². The Morgan fingerprint density at radius 2 is 1.93 bits per heavy atom. The van der Waals surface area contributed by atoms with Gasteiger partial charge in [0, 0.05) is 12.6 Å². The summed E-state index contributed by atoms with van der Waals surface area (Å²) < 4.78 is 0. The third-order valence-electron chi connectivity index (χ3n) is 2.45. The van der Waals surface area contributed by atoms with E-state index in [1.54, 1.807) is 7.05 Å². The Bertz CT molecular complexity index is 229. The summed E-state index contributed by atoms with van der Waals surface area (Å²) >= 11 is 5.27. The van der Waals surface area contributed by atoms with Crippen molar-refractivity contribution in [2.75, 3.05) is 12.9 Å². The number of halogens is 1. The molecule has 1 N–H and O–H groups in total. The molecule has 0 radical (unpaired) electrons. The van der Waals surface area contributed by atoms with E-state index in [-0.39, 0.29) is 11.4 Å². The van der Waals surface area contributed by atoms with E-state index >= 15 is 0 Å². The Kier molecular flexibility index (Phi) is 4.91. The van der Waals surface area contributed by atoms with Gasteiger partial charge in [-0.15, -0.1) is 11.6 Å². The Balaban J connectivity index is 4.33. The maximum absolute atomic E-state index is 11.5. The molecule has 0 aromatic rings. The van der Waals surface area contributed by atoms with Crippen LogP contribution in [0.25, 0.3) is 0 Å². The van der Waals surface area contributed by atoms with Gasteiger partial charge in [-0.1, -0.05) is 6.92 Å². The van der Waals surface area contributed by atoms with Crippen molar-refractivity contribution in [3.05, 3.63) is 0 Å². The molecule has 0 heterocycles. The smallest absolute Gasteiger partial charge is 0.322 e. The normalized spacial score (nSPS) is 10.9. The molecule has 3 amide bonds. The minimum Gasteiger partial charge on any atom is -0.322 e. The lowest BCUT2D eigenvalue weighted by atomic mass is 10.0. The van der Waals surface area contributed by atoms with Crippen LogP contribution in [0.15, 0.2) is 0 Å². The number of imide groups is 1. The number of hydrogen-bond acceptors (Lipinski definition) is 2. The van der Waals surface area contributed by atoms with Crippen molar-refractivity contribution >= 4 is 23.5 Å². The highest BCUT2D eigenvalue weighted by atomic mass is 35.5. The third-order valence-corrected chi connectivity index (χ3v) is 2.69. The minimum absolute atomic E-state index is 0.202. The van der Waals surface area contributed by atoms with Crippen molar-refractivity contribution in [3.8, 4) is 0 Å². The fourth-order valence-corrected chi connectivity index (χ4v) is 0.815. The monoisotopic (exact) mass is 220 g/mol. The summed E-state index contributed by atoms with van der Waals surface area (Å²) in [7, 11) is 1.65. The van der Waals surface area contributed by atoms with Gasteiger partial charge >= 0.3 is 6.03 Å². The summed E-state index contributed by atoms with van der Waals surface area (Å²) in [5.41, 5.74) is -0.267. The van der Waals surface area contributed by atoms with Crippen molar-refractivity contribution < 1.29 is 9.59 Å². The van der Waals surface area contributed by atoms with Gasteiger partial charge in [0.05, 0.1) is 0 Å². The molecule has 0 spiro atoms. The number of nitrogens with zero attached hydrogens (tertiary/aromatic N) is 1. The van der Waals surface area contributed by atoms with E-state index in [0.717, 1.165) is 6.42 Å². The van der Waals surface area contributed by atoms with Gasteiger partial charge in [0.1, 0.15) is 5.88 Å². The van der Waals surface area contributed by atoms with Crippen LogP contribution < -0.4 is 5.32 Å². The van der Waals surface area contributed by atoms with E-state index < -0.39 is 11.9 Å². The van der Waals surface area contributed by atoms with Crippen molar-refractivity contribution in [1.29, 1.82) is 0 Å². The van der Waals surface area contributed by atoms with Crippen molar-refractivity contribution in [2.24, 2.45) is 0 Å². The molecule has 0 fully saturated rings. The van der Waals surface area contributed by atoms with Gasteiger partial charge in [-0.3, -0.25) is 10.1 Å². The van der Waals surface area contributed by atoms with E-state index in [2.05, 4.69) is 5.32 Å². The SMILES string of the molecule is CCC(C)(C)N(C)C(=O)NC(=O)CCl. The molecule has 0 saturated carbocycles. The van der Waals surface area contributed by atoms with E-state index in [0.29, 0.717) is 0 Å². The molecule has 0 saturated heterocycles. The first-order valence-corrected chi connectivity index (χ1v) is 5.02. The molecule has 0 rings (SSSR count). The second-order valence-corrected chi connectivity index (χ2v) is 3.98. The van der Waals surface area contributed by atoms with Gasteiger partial charge < -0.3 is 4.90 Å². The molecule has 0 aliphatic carbocycles. The standard InChI is InChI=1S/C9H17ClN2O2/c1-5-9(2,3)12(4)8(14)11-7(13)6-10/h5-6H2,1-4H3,(H,11,13,14). The zero-order valence-electron chi connectivity index (χ0n) is 9.06. The predicted molar refractivity (Wildman–Crippen MR) is 56.4 cm³/mol. The Hall–Kier alpha value is -0.770. The average molecular weight is 221 g/mol. The van der Waals surface area contributed by atoms with Crippen LogP contribution in [0.2, 0.25) is 0 Å². The first kappa shape index (κ1) is 13.2. The molecule has 0 aliphatic rings. The molecular formula is C9H17ClN2O2. The maximum Gasteiger partial charge on any atom is 0.324 e. The molecule has 0 unspecified atom stereocenters. The summed E-state index contributed by atoms with van der Waals surface area (Å²) in [5.74, 6) is -0.679. The van der Waals surface area contributed by atoms with Crippen LogP contribution >= 0.6 is 11.6 Å². The molecule has 0 aromatic heterocycles. The lowest BCUT2D eigenvalue weighted by Crippen LogP contribution is -2.50. The van der Waals surface area contributed by atoms with Crippen molar-refractivity contribution in [3.63, 3.8) is 0 Å². The molecule has 0 atom stereocenters. The predicted octanol–water partition coefficient (Wildman–Crippen LogP) is 1.58.